The maximum Gasteiger partial charge on any atom is 0.0389 e. The van der Waals surface area contributed by atoms with Crippen molar-refractivity contribution >= 4 is 0 Å². The minimum atomic E-state index is 0.105. The number of nitrogens with two attached hydrogens (primary N) is 1. The van der Waals surface area contributed by atoms with Crippen LogP contribution in [0.1, 0.15) is 91.4 Å². The highest BCUT2D eigenvalue weighted by molar-refractivity contribution is 4.89. The SMILES string of the molecule is CCCCCCCCCCCCC(NN)C(C)(C)N(C)C. The molecule has 0 radical (unpaired) electrons. The van der Waals surface area contributed by atoms with E-state index in [9.17, 15) is 0 Å². The van der Waals surface area contributed by atoms with Crippen LogP contribution in [0.25, 0.3) is 0 Å². The molecule has 0 fully saturated rings. The smallest absolute Gasteiger partial charge is 0.0389 e. The van der Waals surface area contributed by atoms with Crippen molar-refractivity contribution < 1.29 is 0 Å². The second-order valence-electron chi connectivity index (χ2n) is 7.24. The van der Waals surface area contributed by atoms with Gasteiger partial charge < -0.3 is 4.90 Å². The molecule has 0 spiro atoms. The van der Waals surface area contributed by atoms with Crippen LogP contribution in [-0.2, 0) is 0 Å². The molecular formula is C18H41N3. The average Bonchev–Trinajstić information content (AvgIpc) is 2.44. The Labute approximate surface area is 134 Å². The summed E-state index contributed by atoms with van der Waals surface area (Å²) in [5, 5.41) is 0. The lowest BCUT2D eigenvalue weighted by Crippen LogP contribution is -2.57. The third-order valence-electron chi connectivity index (χ3n) is 5.05. The summed E-state index contributed by atoms with van der Waals surface area (Å²) < 4.78 is 0. The van der Waals surface area contributed by atoms with Gasteiger partial charge in [-0.05, 0) is 34.4 Å². The van der Waals surface area contributed by atoms with E-state index in [2.05, 4.69) is 45.2 Å². The van der Waals surface area contributed by atoms with Gasteiger partial charge >= 0.3 is 0 Å². The van der Waals surface area contributed by atoms with E-state index in [4.69, 9.17) is 5.84 Å². The monoisotopic (exact) mass is 299 g/mol. The van der Waals surface area contributed by atoms with Gasteiger partial charge in [0.2, 0.25) is 0 Å². The Morgan fingerprint density at radius 2 is 1.29 bits per heavy atom. The summed E-state index contributed by atoms with van der Waals surface area (Å²) in [7, 11) is 4.26. The Balaban J connectivity index is 3.56. The summed E-state index contributed by atoms with van der Waals surface area (Å²) in [5.74, 6) is 5.74. The van der Waals surface area contributed by atoms with Gasteiger partial charge in [-0.3, -0.25) is 11.3 Å². The van der Waals surface area contributed by atoms with Gasteiger partial charge in [-0.25, -0.2) is 0 Å². The van der Waals surface area contributed by atoms with Gasteiger partial charge in [-0.1, -0.05) is 71.1 Å². The van der Waals surface area contributed by atoms with Crippen LogP contribution in [-0.4, -0.2) is 30.6 Å². The molecule has 21 heavy (non-hydrogen) atoms. The van der Waals surface area contributed by atoms with Gasteiger partial charge in [0.15, 0.2) is 0 Å². The van der Waals surface area contributed by atoms with Gasteiger partial charge in [-0.15, -0.1) is 0 Å². The predicted molar refractivity (Wildman–Crippen MR) is 95.3 cm³/mol. The van der Waals surface area contributed by atoms with E-state index >= 15 is 0 Å². The van der Waals surface area contributed by atoms with Crippen molar-refractivity contribution in [2.75, 3.05) is 14.1 Å². The molecule has 0 aliphatic rings. The Morgan fingerprint density at radius 3 is 1.67 bits per heavy atom. The van der Waals surface area contributed by atoms with Gasteiger partial charge in [0.1, 0.15) is 0 Å². The topological polar surface area (TPSA) is 41.3 Å². The van der Waals surface area contributed by atoms with Crippen LogP contribution < -0.4 is 11.3 Å². The number of rotatable bonds is 14. The maximum absolute atomic E-state index is 5.74. The average molecular weight is 300 g/mol. The van der Waals surface area contributed by atoms with E-state index in [0.29, 0.717) is 6.04 Å². The predicted octanol–water partition coefficient (Wildman–Crippen LogP) is 4.47. The third-order valence-corrected chi connectivity index (χ3v) is 5.05. The molecule has 1 atom stereocenters. The van der Waals surface area contributed by atoms with Crippen LogP contribution >= 0.6 is 0 Å². The van der Waals surface area contributed by atoms with E-state index in [1.807, 2.05) is 0 Å². The molecule has 0 aliphatic heterocycles. The molecule has 0 aromatic rings. The number of nitrogens with zero attached hydrogens (tertiary/aromatic N) is 1. The zero-order valence-corrected chi connectivity index (χ0v) is 15.4. The molecule has 0 amide bonds. The quantitative estimate of drug-likeness (QED) is 0.282. The third kappa shape index (κ3) is 9.49. The summed E-state index contributed by atoms with van der Waals surface area (Å²) >= 11 is 0. The number of hydrazine groups is 1. The zero-order valence-electron chi connectivity index (χ0n) is 15.4. The van der Waals surface area contributed by atoms with Crippen molar-refractivity contribution in [3.05, 3.63) is 0 Å². The fourth-order valence-electron chi connectivity index (χ4n) is 2.79. The van der Waals surface area contributed by atoms with Crippen molar-refractivity contribution in [1.82, 2.24) is 10.3 Å². The van der Waals surface area contributed by atoms with Crippen molar-refractivity contribution in [3.63, 3.8) is 0 Å². The van der Waals surface area contributed by atoms with Gasteiger partial charge in [0.25, 0.3) is 0 Å². The summed E-state index contributed by atoms with van der Waals surface area (Å²) in [4.78, 5) is 2.26. The molecule has 3 heteroatoms. The van der Waals surface area contributed by atoms with E-state index in [1.54, 1.807) is 0 Å². The van der Waals surface area contributed by atoms with Crippen LogP contribution in [0.2, 0.25) is 0 Å². The van der Waals surface area contributed by atoms with Crippen LogP contribution in [0.5, 0.6) is 0 Å². The minimum Gasteiger partial charge on any atom is -0.303 e. The largest absolute Gasteiger partial charge is 0.303 e. The molecule has 0 rings (SSSR count). The summed E-state index contributed by atoms with van der Waals surface area (Å²) in [6.07, 6.45) is 15.1. The zero-order chi connectivity index (χ0) is 16.1. The van der Waals surface area contributed by atoms with Gasteiger partial charge in [0, 0.05) is 11.6 Å². The van der Waals surface area contributed by atoms with Gasteiger partial charge in [-0.2, -0.15) is 0 Å². The Hall–Kier alpha value is -0.120. The molecule has 3 nitrogen and oxygen atoms in total. The Kier molecular flexibility index (Phi) is 12.4. The van der Waals surface area contributed by atoms with Gasteiger partial charge in [0.05, 0.1) is 0 Å². The second-order valence-corrected chi connectivity index (χ2v) is 7.24. The number of nitrogens with one attached hydrogen (secondary N) is 1. The van der Waals surface area contributed by atoms with Crippen LogP contribution in [0, 0.1) is 0 Å². The first-order valence-electron chi connectivity index (χ1n) is 9.10. The second kappa shape index (κ2) is 12.4. The molecular weight excluding hydrogens is 258 g/mol. The Bertz CT molecular complexity index is 227. The minimum absolute atomic E-state index is 0.105. The normalized spacial score (nSPS) is 13.9. The number of likely N-dealkylation sites (N-methyl/N-ethyl adjacent to an activating group) is 1. The van der Waals surface area contributed by atoms with Crippen LogP contribution in [0.15, 0.2) is 0 Å². The molecule has 0 bridgehead atoms. The standard InChI is InChI=1S/C18H41N3/c1-6-7-8-9-10-11-12-13-14-15-16-17(20-19)18(2,3)21(4)5/h17,20H,6-16,19H2,1-5H3. The molecule has 128 valence electrons. The molecule has 0 aliphatic carbocycles. The lowest BCUT2D eigenvalue weighted by Gasteiger charge is -2.40. The fraction of sp³-hybridized carbons (Fsp3) is 1.00. The van der Waals surface area contributed by atoms with E-state index in [1.165, 1.54) is 64.2 Å². The first kappa shape index (κ1) is 20.9. The summed E-state index contributed by atoms with van der Waals surface area (Å²) in [6, 6.07) is 0.363. The number of hydrogen-bond donors (Lipinski definition) is 2. The Morgan fingerprint density at radius 1 is 0.857 bits per heavy atom. The van der Waals surface area contributed by atoms with Crippen LogP contribution in [0.3, 0.4) is 0 Å². The summed E-state index contributed by atoms with van der Waals surface area (Å²) in [5.41, 5.74) is 3.12. The molecule has 0 saturated heterocycles. The highest BCUT2D eigenvalue weighted by atomic mass is 15.3. The maximum atomic E-state index is 5.74. The summed E-state index contributed by atoms with van der Waals surface area (Å²) in [6.45, 7) is 6.79. The lowest BCUT2D eigenvalue weighted by atomic mass is 9.89. The van der Waals surface area contributed by atoms with Crippen LogP contribution in [0.4, 0.5) is 0 Å². The highest BCUT2D eigenvalue weighted by Crippen LogP contribution is 2.20. The molecule has 0 aromatic heterocycles. The first-order valence-corrected chi connectivity index (χ1v) is 9.10. The number of hydrogen-bond acceptors (Lipinski definition) is 3. The fourth-order valence-corrected chi connectivity index (χ4v) is 2.79. The molecule has 3 N–H and O–H groups in total. The van der Waals surface area contributed by atoms with Crippen molar-refractivity contribution in [1.29, 1.82) is 0 Å². The number of unbranched alkanes of at least 4 members (excludes halogenated alkanes) is 9. The first-order chi connectivity index (χ1) is 9.96. The van der Waals surface area contributed by atoms with Crippen molar-refractivity contribution in [3.8, 4) is 0 Å². The molecule has 0 aromatic carbocycles. The highest BCUT2D eigenvalue weighted by Gasteiger charge is 2.30. The van der Waals surface area contributed by atoms with E-state index < -0.39 is 0 Å². The van der Waals surface area contributed by atoms with Crippen molar-refractivity contribution in [2.45, 2.75) is 103 Å². The van der Waals surface area contributed by atoms with Crippen molar-refractivity contribution in [2.24, 2.45) is 5.84 Å². The lowest BCUT2D eigenvalue weighted by molar-refractivity contribution is 0.130. The van der Waals surface area contributed by atoms with E-state index in [0.717, 1.165) is 6.42 Å². The van der Waals surface area contributed by atoms with E-state index in [-0.39, 0.29) is 5.54 Å². The molecule has 1 unspecified atom stereocenters. The molecule has 0 heterocycles. The molecule has 0 saturated carbocycles.